The van der Waals surface area contributed by atoms with Crippen LogP contribution in [0.3, 0.4) is 0 Å². The van der Waals surface area contributed by atoms with Crippen molar-refractivity contribution in [3.63, 3.8) is 0 Å². The fraction of sp³-hybridized carbons (Fsp3) is 0.500. The number of hydrogen-bond acceptors (Lipinski definition) is 4. The van der Waals surface area contributed by atoms with Crippen LogP contribution in [0.25, 0.3) is 0 Å². The van der Waals surface area contributed by atoms with E-state index in [-0.39, 0.29) is 10.8 Å². The van der Waals surface area contributed by atoms with Crippen LogP contribution >= 0.6 is 0 Å². The molecule has 5 nitrogen and oxygen atoms in total. The third-order valence-electron chi connectivity index (χ3n) is 4.18. The topological polar surface area (TPSA) is 66.5 Å². The molecule has 0 spiro atoms. The minimum atomic E-state index is -3.21. The van der Waals surface area contributed by atoms with Gasteiger partial charge in [-0.1, -0.05) is 0 Å². The van der Waals surface area contributed by atoms with Gasteiger partial charge < -0.3 is 10.2 Å². The number of benzene rings is 1. The van der Waals surface area contributed by atoms with E-state index >= 15 is 0 Å². The maximum atomic E-state index is 12.4. The Morgan fingerprint density at radius 1 is 1.25 bits per heavy atom. The van der Waals surface area contributed by atoms with Crippen LogP contribution in [-0.2, 0) is 9.84 Å². The largest absolute Gasteiger partial charge is 0.337 e. The first-order chi connectivity index (χ1) is 9.45. The molecule has 2 aliphatic rings. The first-order valence-corrected chi connectivity index (χ1v) is 8.67. The van der Waals surface area contributed by atoms with Gasteiger partial charge in [0.25, 0.3) is 5.91 Å². The highest BCUT2D eigenvalue weighted by Gasteiger charge is 2.38. The van der Waals surface area contributed by atoms with E-state index < -0.39 is 9.84 Å². The molecule has 0 aliphatic carbocycles. The third kappa shape index (κ3) is 2.45. The average molecular weight is 294 g/mol. The van der Waals surface area contributed by atoms with Gasteiger partial charge in [-0.05, 0) is 43.1 Å². The second-order valence-corrected chi connectivity index (χ2v) is 7.63. The molecule has 0 saturated carbocycles. The highest BCUT2D eigenvalue weighted by molar-refractivity contribution is 7.90. The summed E-state index contributed by atoms with van der Waals surface area (Å²) in [7, 11) is -3.21. The Bertz CT molecular complexity index is 612. The van der Waals surface area contributed by atoms with Gasteiger partial charge in [0, 0.05) is 31.0 Å². The molecule has 1 amide bonds. The van der Waals surface area contributed by atoms with Crippen LogP contribution in [0.15, 0.2) is 29.2 Å². The van der Waals surface area contributed by atoms with Gasteiger partial charge in [0.15, 0.2) is 9.84 Å². The number of fused-ring (bicyclic) bond motifs is 1. The third-order valence-corrected chi connectivity index (χ3v) is 5.31. The zero-order chi connectivity index (χ0) is 14.3. The molecule has 3 rings (SSSR count). The molecule has 108 valence electrons. The number of carbonyl (C=O) groups excluding carboxylic acids is 1. The van der Waals surface area contributed by atoms with Crippen molar-refractivity contribution in [1.82, 2.24) is 10.2 Å². The van der Waals surface area contributed by atoms with Crippen LogP contribution in [0.4, 0.5) is 0 Å². The zero-order valence-electron chi connectivity index (χ0n) is 11.4. The Morgan fingerprint density at radius 3 is 2.55 bits per heavy atom. The molecule has 0 radical (unpaired) electrons. The minimum absolute atomic E-state index is 0.0127. The molecule has 1 aromatic rings. The molecule has 1 aromatic carbocycles. The van der Waals surface area contributed by atoms with E-state index in [0.29, 0.717) is 17.5 Å². The number of carbonyl (C=O) groups is 1. The number of rotatable bonds is 2. The van der Waals surface area contributed by atoms with Crippen molar-refractivity contribution < 1.29 is 13.2 Å². The van der Waals surface area contributed by atoms with E-state index in [1.54, 1.807) is 12.1 Å². The Balaban J connectivity index is 1.75. The van der Waals surface area contributed by atoms with Crippen LogP contribution in [0.5, 0.6) is 0 Å². The van der Waals surface area contributed by atoms with Gasteiger partial charge in [0.05, 0.1) is 4.90 Å². The molecular weight excluding hydrogens is 276 g/mol. The van der Waals surface area contributed by atoms with E-state index in [9.17, 15) is 13.2 Å². The van der Waals surface area contributed by atoms with Crippen molar-refractivity contribution in [2.24, 2.45) is 5.92 Å². The summed E-state index contributed by atoms with van der Waals surface area (Å²) >= 11 is 0. The summed E-state index contributed by atoms with van der Waals surface area (Å²) in [5.74, 6) is 0.551. The summed E-state index contributed by atoms with van der Waals surface area (Å²) < 4.78 is 22.8. The smallest absolute Gasteiger partial charge is 0.253 e. The summed E-state index contributed by atoms with van der Waals surface area (Å²) in [6.07, 6.45) is 2.29. The summed E-state index contributed by atoms with van der Waals surface area (Å²) in [6.45, 7) is 2.59. The van der Waals surface area contributed by atoms with E-state index in [4.69, 9.17) is 0 Å². The molecule has 0 unspecified atom stereocenters. The summed E-state index contributed by atoms with van der Waals surface area (Å²) in [5.41, 5.74) is 0.553. The van der Waals surface area contributed by atoms with Gasteiger partial charge in [-0.15, -0.1) is 0 Å². The summed E-state index contributed by atoms with van der Waals surface area (Å²) in [4.78, 5) is 14.5. The lowest BCUT2D eigenvalue weighted by molar-refractivity contribution is 0.0782. The number of nitrogens with zero attached hydrogens (tertiary/aromatic N) is 1. The number of nitrogens with one attached hydrogen (secondary N) is 1. The summed E-state index contributed by atoms with van der Waals surface area (Å²) in [5, 5.41) is 3.41. The molecule has 2 fully saturated rings. The second-order valence-electron chi connectivity index (χ2n) is 5.62. The van der Waals surface area contributed by atoms with Crippen LogP contribution < -0.4 is 5.32 Å². The molecule has 0 bridgehead atoms. The second kappa shape index (κ2) is 4.86. The Morgan fingerprint density at radius 2 is 1.95 bits per heavy atom. The van der Waals surface area contributed by atoms with Crippen molar-refractivity contribution in [3.8, 4) is 0 Å². The molecular formula is C14H18N2O3S. The molecule has 2 saturated heterocycles. The molecule has 2 aliphatic heterocycles. The molecule has 2 heterocycles. The van der Waals surface area contributed by atoms with Gasteiger partial charge in [0.1, 0.15) is 0 Å². The lowest BCUT2D eigenvalue weighted by Gasteiger charge is -2.17. The fourth-order valence-electron chi connectivity index (χ4n) is 3.04. The quantitative estimate of drug-likeness (QED) is 0.864. The van der Waals surface area contributed by atoms with Gasteiger partial charge in [-0.2, -0.15) is 0 Å². The van der Waals surface area contributed by atoms with Gasteiger partial charge >= 0.3 is 0 Å². The first-order valence-electron chi connectivity index (χ1n) is 6.78. The first kappa shape index (κ1) is 13.6. The lowest BCUT2D eigenvalue weighted by Crippen LogP contribution is -2.33. The van der Waals surface area contributed by atoms with E-state index in [2.05, 4.69) is 5.32 Å². The van der Waals surface area contributed by atoms with Gasteiger partial charge in [0.2, 0.25) is 0 Å². The van der Waals surface area contributed by atoms with Crippen molar-refractivity contribution >= 4 is 15.7 Å². The maximum Gasteiger partial charge on any atom is 0.253 e. The number of hydrogen-bond donors (Lipinski definition) is 1. The van der Waals surface area contributed by atoms with Crippen LogP contribution in [0, 0.1) is 5.92 Å². The van der Waals surface area contributed by atoms with Gasteiger partial charge in [-0.3, -0.25) is 4.79 Å². The summed E-state index contributed by atoms with van der Waals surface area (Å²) in [6, 6.07) is 6.62. The van der Waals surface area contributed by atoms with Crippen LogP contribution in [0.1, 0.15) is 16.8 Å². The zero-order valence-corrected chi connectivity index (χ0v) is 12.2. The lowest BCUT2D eigenvalue weighted by atomic mass is 10.1. The monoisotopic (exact) mass is 294 g/mol. The van der Waals surface area contributed by atoms with Crippen molar-refractivity contribution in [1.29, 1.82) is 0 Å². The number of sulfone groups is 1. The predicted octanol–water partition coefficient (Wildman–Crippen LogP) is 0.524. The van der Waals surface area contributed by atoms with Crippen molar-refractivity contribution in [2.45, 2.75) is 17.4 Å². The highest BCUT2D eigenvalue weighted by atomic mass is 32.2. The number of amides is 1. The van der Waals surface area contributed by atoms with Crippen LogP contribution in [0.2, 0.25) is 0 Å². The highest BCUT2D eigenvalue weighted by Crippen LogP contribution is 2.26. The van der Waals surface area contributed by atoms with Crippen LogP contribution in [-0.4, -0.2) is 51.2 Å². The van der Waals surface area contributed by atoms with Gasteiger partial charge in [-0.25, -0.2) is 8.42 Å². The SMILES string of the molecule is CS(=O)(=O)c1ccc(C(=O)N2C[C@@H]3CCN[C@@H]3C2)cc1. The Labute approximate surface area is 118 Å². The van der Waals surface area contributed by atoms with Crippen molar-refractivity contribution in [3.05, 3.63) is 29.8 Å². The molecule has 2 atom stereocenters. The Hall–Kier alpha value is -1.40. The molecule has 20 heavy (non-hydrogen) atoms. The van der Waals surface area contributed by atoms with E-state index in [1.165, 1.54) is 12.1 Å². The molecule has 0 aromatic heterocycles. The van der Waals surface area contributed by atoms with E-state index in [0.717, 1.165) is 32.3 Å². The number of likely N-dealkylation sites (tertiary alicyclic amines) is 1. The van der Waals surface area contributed by atoms with E-state index in [1.807, 2.05) is 4.90 Å². The molecule has 1 N–H and O–H groups in total. The normalized spacial score (nSPS) is 25.8. The maximum absolute atomic E-state index is 12.4. The van der Waals surface area contributed by atoms with Crippen molar-refractivity contribution in [2.75, 3.05) is 25.9 Å². The standard InChI is InChI=1S/C14H18N2O3S/c1-20(18,19)12-4-2-10(3-5-12)14(17)16-8-11-6-7-15-13(11)9-16/h2-5,11,13,15H,6-9H2,1H3/t11-,13+/m0/s1. The fourth-order valence-corrected chi connectivity index (χ4v) is 3.67. The molecule has 6 heteroatoms. The average Bonchev–Trinajstić information content (AvgIpc) is 2.97. The predicted molar refractivity (Wildman–Crippen MR) is 75.4 cm³/mol. The minimum Gasteiger partial charge on any atom is -0.337 e. The Kier molecular flexibility index (Phi) is 3.30.